The van der Waals surface area contributed by atoms with Gasteiger partial charge in [0.05, 0.1) is 12.2 Å². The normalized spacial score (nSPS) is 29.6. The first-order valence-electron chi connectivity index (χ1n) is 6.96. The zero-order valence-corrected chi connectivity index (χ0v) is 11.8. The van der Waals surface area contributed by atoms with Crippen molar-refractivity contribution in [3.05, 3.63) is 22.4 Å². The number of hydrogen-bond acceptors (Lipinski definition) is 4. The molecule has 0 spiro atoms. The molecule has 0 radical (unpaired) electrons. The SMILES string of the molecule is CC(NCCN1CC2CCC(C1)O2)c1cccs1. The summed E-state index contributed by atoms with van der Waals surface area (Å²) in [5.41, 5.74) is 0. The van der Waals surface area contributed by atoms with Crippen LogP contribution in [0, 0.1) is 0 Å². The van der Waals surface area contributed by atoms with Crippen LogP contribution in [0.2, 0.25) is 0 Å². The van der Waals surface area contributed by atoms with Gasteiger partial charge in [-0.1, -0.05) is 6.07 Å². The fourth-order valence-corrected chi connectivity index (χ4v) is 3.72. The standard InChI is InChI=1S/C14H22N2OS/c1-11(14-3-2-8-18-14)15-6-7-16-9-12-4-5-13(10-16)17-12/h2-3,8,11-13,15H,4-7,9-10H2,1H3. The highest BCUT2D eigenvalue weighted by molar-refractivity contribution is 7.10. The summed E-state index contributed by atoms with van der Waals surface area (Å²) in [4.78, 5) is 3.98. The lowest BCUT2D eigenvalue weighted by atomic mass is 10.2. The third-order valence-electron chi connectivity index (χ3n) is 3.97. The van der Waals surface area contributed by atoms with Crippen LogP contribution in [0.4, 0.5) is 0 Å². The van der Waals surface area contributed by atoms with Gasteiger partial charge in [-0.15, -0.1) is 11.3 Å². The maximum Gasteiger partial charge on any atom is 0.0707 e. The number of thiophene rings is 1. The molecule has 4 heteroatoms. The van der Waals surface area contributed by atoms with Gasteiger partial charge in [-0.05, 0) is 31.2 Å². The Morgan fingerprint density at radius 3 is 2.89 bits per heavy atom. The van der Waals surface area contributed by atoms with E-state index < -0.39 is 0 Å². The maximum absolute atomic E-state index is 5.85. The molecular weight excluding hydrogens is 244 g/mol. The Morgan fingerprint density at radius 2 is 2.22 bits per heavy atom. The number of ether oxygens (including phenoxy) is 1. The Balaban J connectivity index is 1.40. The fraction of sp³-hybridized carbons (Fsp3) is 0.714. The summed E-state index contributed by atoms with van der Waals surface area (Å²) in [7, 11) is 0. The summed E-state index contributed by atoms with van der Waals surface area (Å²) in [6, 6.07) is 4.80. The molecule has 2 saturated heterocycles. The van der Waals surface area contributed by atoms with Crippen molar-refractivity contribution in [2.45, 2.75) is 38.0 Å². The second kappa shape index (κ2) is 5.70. The number of fused-ring (bicyclic) bond motifs is 2. The fourth-order valence-electron chi connectivity index (χ4n) is 2.96. The smallest absolute Gasteiger partial charge is 0.0707 e. The number of nitrogens with one attached hydrogen (secondary N) is 1. The molecule has 2 aliphatic heterocycles. The third kappa shape index (κ3) is 2.94. The van der Waals surface area contributed by atoms with Crippen LogP contribution < -0.4 is 5.32 Å². The number of hydrogen-bond donors (Lipinski definition) is 1. The van der Waals surface area contributed by atoms with Crippen LogP contribution in [0.25, 0.3) is 0 Å². The average molecular weight is 266 g/mol. The van der Waals surface area contributed by atoms with Gasteiger partial charge in [0.2, 0.25) is 0 Å². The van der Waals surface area contributed by atoms with Gasteiger partial charge in [0.1, 0.15) is 0 Å². The molecule has 0 saturated carbocycles. The van der Waals surface area contributed by atoms with Crippen molar-refractivity contribution in [1.29, 1.82) is 0 Å². The van der Waals surface area contributed by atoms with E-state index in [1.54, 1.807) is 0 Å². The summed E-state index contributed by atoms with van der Waals surface area (Å²) in [6.45, 7) is 6.72. The molecule has 1 N–H and O–H groups in total. The summed E-state index contributed by atoms with van der Waals surface area (Å²) < 4.78 is 5.85. The molecule has 3 atom stereocenters. The molecule has 2 fully saturated rings. The summed E-state index contributed by atoms with van der Waals surface area (Å²) in [5, 5.41) is 5.76. The van der Waals surface area contributed by atoms with E-state index in [1.165, 1.54) is 17.7 Å². The van der Waals surface area contributed by atoms with Gasteiger partial charge >= 0.3 is 0 Å². The Morgan fingerprint density at radius 1 is 1.44 bits per heavy atom. The Hall–Kier alpha value is -0.420. The van der Waals surface area contributed by atoms with Crippen LogP contribution in [0.5, 0.6) is 0 Å². The van der Waals surface area contributed by atoms with Crippen LogP contribution >= 0.6 is 11.3 Å². The monoisotopic (exact) mass is 266 g/mol. The molecular formula is C14H22N2OS. The van der Waals surface area contributed by atoms with Gasteiger partial charge < -0.3 is 10.1 Å². The van der Waals surface area contributed by atoms with Crippen molar-refractivity contribution in [2.24, 2.45) is 0 Å². The van der Waals surface area contributed by atoms with E-state index >= 15 is 0 Å². The first-order chi connectivity index (χ1) is 8.81. The van der Waals surface area contributed by atoms with E-state index in [0.29, 0.717) is 18.2 Å². The van der Waals surface area contributed by atoms with Crippen LogP contribution in [-0.4, -0.2) is 43.3 Å². The lowest BCUT2D eigenvalue weighted by Crippen LogP contribution is -2.45. The van der Waals surface area contributed by atoms with E-state index in [9.17, 15) is 0 Å². The van der Waals surface area contributed by atoms with Crippen LogP contribution in [0.1, 0.15) is 30.7 Å². The minimum Gasteiger partial charge on any atom is -0.372 e. The number of morpholine rings is 1. The minimum absolute atomic E-state index is 0.475. The van der Waals surface area contributed by atoms with E-state index in [2.05, 4.69) is 34.7 Å². The quantitative estimate of drug-likeness (QED) is 0.885. The van der Waals surface area contributed by atoms with E-state index in [4.69, 9.17) is 4.74 Å². The molecule has 18 heavy (non-hydrogen) atoms. The van der Waals surface area contributed by atoms with Crippen molar-refractivity contribution in [3.63, 3.8) is 0 Å². The molecule has 3 nitrogen and oxygen atoms in total. The molecule has 3 heterocycles. The van der Waals surface area contributed by atoms with Gasteiger partial charge in [-0.3, -0.25) is 4.90 Å². The molecule has 0 amide bonds. The second-order valence-electron chi connectivity index (χ2n) is 5.41. The first kappa shape index (κ1) is 12.6. The van der Waals surface area contributed by atoms with Gasteiger partial charge in [-0.2, -0.15) is 0 Å². The highest BCUT2D eigenvalue weighted by Crippen LogP contribution is 2.25. The van der Waals surface area contributed by atoms with Gasteiger partial charge in [-0.25, -0.2) is 0 Å². The minimum atomic E-state index is 0.475. The molecule has 2 aliphatic rings. The molecule has 3 unspecified atom stereocenters. The molecule has 2 bridgehead atoms. The van der Waals surface area contributed by atoms with Crippen molar-refractivity contribution in [1.82, 2.24) is 10.2 Å². The van der Waals surface area contributed by atoms with Crippen molar-refractivity contribution < 1.29 is 4.74 Å². The van der Waals surface area contributed by atoms with Crippen LogP contribution in [0.3, 0.4) is 0 Å². The summed E-state index contributed by atoms with van der Waals surface area (Å²) in [6.07, 6.45) is 3.55. The molecule has 100 valence electrons. The summed E-state index contributed by atoms with van der Waals surface area (Å²) in [5.74, 6) is 0. The zero-order chi connectivity index (χ0) is 12.4. The number of likely N-dealkylation sites (tertiary alicyclic amines) is 1. The van der Waals surface area contributed by atoms with E-state index in [0.717, 1.165) is 26.2 Å². The van der Waals surface area contributed by atoms with Crippen molar-refractivity contribution in [3.8, 4) is 0 Å². The highest BCUT2D eigenvalue weighted by atomic mass is 32.1. The van der Waals surface area contributed by atoms with Crippen LogP contribution in [-0.2, 0) is 4.74 Å². The predicted molar refractivity (Wildman–Crippen MR) is 75.1 cm³/mol. The van der Waals surface area contributed by atoms with Gasteiger partial charge in [0.25, 0.3) is 0 Å². The molecule has 0 aromatic carbocycles. The predicted octanol–water partition coefficient (Wildman–Crippen LogP) is 2.26. The van der Waals surface area contributed by atoms with Gasteiger partial charge in [0, 0.05) is 37.1 Å². The number of nitrogens with zero attached hydrogens (tertiary/aromatic N) is 1. The summed E-state index contributed by atoms with van der Waals surface area (Å²) >= 11 is 1.83. The average Bonchev–Trinajstić information content (AvgIpc) is 2.99. The second-order valence-corrected chi connectivity index (χ2v) is 6.39. The first-order valence-corrected chi connectivity index (χ1v) is 7.84. The third-order valence-corrected chi connectivity index (χ3v) is 5.02. The zero-order valence-electron chi connectivity index (χ0n) is 11.0. The van der Waals surface area contributed by atoms with Gasteiger partial charge in [0.15, 0.2) is 0 Å². The Labute approximate surface area is 113 Å². The largest absolute Gasteiger partial charge is 0.372 e. The van der Waals surface area contributed by atoms with Crippen molar-refractivity contribution >= 4 is 11.3 Å². The number of rotatable bonds is 5. The van der Waals surface area contributed by atoms with Crippen LogP contribution in [0.15, 0.2) is 17.5 Å². The maximum atomic E-state index is 5.85. The molecule has 3 rings (SSSR count). The Kier molecular flexibility index (Phi) is 3.99. The van der Waals surface area contributed by atoms with E-state index in [-0.39, 0.29) is 0 Å². The Bertz CT molecular complexity index is 356. The lowest BCUT2D eigenvalue weighted by molar-refractivity contribution is -0.0377. The molecule has 0 aliphatic carbocycles. The topological polar surface area (TPSA) is 24.5 Å². The molecule has 1 aromatic heterocycles. The molecule has 1 aromatic rings. The highest BCUT2D eigenvalue weighted by Gasteiger charge is 2.33. The van der Waals surface area contributed by atoms with Crippen molar-refractivity contribution in [2.75, 3.05) is 26.2 Å². The van der Waals surface area contributed by atoms with E-state index in [1.807, 2.05) is 11.3 Å². The lowest BCUT2D eigenvalue weighted by Gasteiger charge is -2.32.